The van der Waals surface area contributed by atoms with Crippen LogP contribution in [0.3, 0.4) is 0 Å². The molecule has 0 saturated heterocycles. The van der Waals surface area contributed by atoms with E-state index in [4.69, 9.17) is 4.74 Å². The van der Waals surface area contributed by atoms with E-state index >= 15 is 0 Å². The first kappa shape index (κ1) is 18.4. The fourth-order valence-electron chi connectivity index (χ4n) is 2.75. The molecule has 5 nitrogen and oxygen atoms in total. The number of hydrogen-bond donors (Lipinski definition) is 1. The van der Waals surface area contributed by atoms with Crippen molar-refractivity contribution in [3.63, 3.8) is 0 Å². The molecular weight excluding hydrogens is 384 g/mol. The molecule has 1 aliphatic rings. The van der Waals surface area contributed by atoms with Gasteiger partial charge >= 0.3 is 6.03 Å². The van der Waals surface area contributed by atoms with Gasteiger partial charge in [0, 0.05) is 13.1 Å². The van der Waals surface area contributed by atoms with E-state index in [0.717, 1.165) is 29.7 Å². The van der Waals surface area contributed by atoms with Gasteiger partial charge in [-0.25, -0.2) is 18.6 Å². The third-order valence-electron chi connectivity index (χ3n) is 4.40. The molecule has 144 valence electrons. The van der Waals surface area contributed by atoms with Crippen molar-refractivity contribution in [2.24, 2.45) is 0 Å². The second-order valence-electron chi connectivity index (χ2n) is 6.52. The zero-order valence-corrected chi connectivity index (χ0v) is 15.8. The lowest BCUT2D eigenvalue weighted by Crippen LogP contribution is -2.31. The normalized spacial score (nSPS) is 13.2. The van der Waals surface area contributed by atoms with E-state index in [1.807, 2.05) is 0 Å². The van der Waals surface area contributed by atoms with Crippen molar-refractivity contribution in [1.29, 1.82) is 0 Å². The number of rotatable bonds is 5. The van der Waals surface area contributed by atoms with Crippen LogP contribution in [0.15, 0.2) is 48.7 Å². The van der Waals surface area contributed by atoms with E-state index in [-0.39, 0.29) is 5.69 Å². The van der Waals surface area contributed by atoms with Crippen LogP contribution in [-0.2, 0) is 0 Å². The summed E-state index contributed by atoms with van der Waals surface area (Å²) in [5, 5.41) is 3.31. The molecule has 0 unspecified atom stereocenters. The number of aromatic nitrogens is 1. The van der Waals surface area contributed by atoms with Crippen LogP contribution in [0.5, 0.6) is 10.8 Å². The number of carbonyl (C=O) groups is 1. The highest BCUT2D eigenvalue weighted by Crippen LogP contribution is 2.41. The minimum Gasteiger partial charge on any atom is -0.445 e. The number of carbonyl (C=O) groups excluding carboxylic acids is 1. The van der Waals surface area contributed by atoms with E-state index in [9.17, 15) is 13.6 Å². The molecule has 1 heterocycles. The van der Waals surface area contributed by atoms with Crippen molar-refractivity contribution in [2.45, 2.75) is 18.8 Å². The number of nitrogens with one attached hydrogen (secondary N) is 1. The number of ether oxygens (including phenoxy) is 1. The molecular formula is C20H17F2N3O2S. The number of urea groups is 1. The SMILES string of the molecule is CN(C(=O)Nc1ncc(Oc2cccc(F)c2)s1)c1cc(C2CC2)ccc1F. The second kappa shape index (κ2) is 7.55. The number of amides is 2. The molecule has 1 saturated carbocycles. The monoisotopic (exact) mass is 401 g/mol. The third kappa shape index (κ3) is 4.12. The number of thiazole rings is 1. The molecule has 0 radical (unpaired) electrons. The van der Waals surface area contributed by atoms with Gasteiger partial charge in [-0.05, 0) is 48.6 Å². The Morgan fingerprint density at radius 3 is 2.82 bits per heavy atom. The van der Waals surface area contributed by atoms with Crippen LogP contribution >= 0.6 is 11.3 Å². The Bertz CT molecular complexity index is 1020. The first-order valence-electron chi connectivity index (χ1n) is 8.73. The lowest BCUT2D eigenvalue weighted by Gasteiger charge is -2.18. The topological polar surface area (TPSA) is 54.5 Å². The molecule has 3 aromatic rings. The van der Waals surface area contributed by atoms with Gasteiger partial charge in [0.25, 0.3) is 0 Å². The van der Waals surface area contributed by atoms with Crippen LogP contribution in [-0.4, -0.2) is 18.1 Å². The summed E-state index contributed by atoms with van der Waals surface area (Å²) >= 11 is 1.09. The number of hydrogen-bond acceptors (Lipinski definition) is 4. The molecule has 1 N–H and O–H groups in total. The molecule has 0 aliphatic heterocycles. The summed E-state index contributed by atoms with van der Waals surface area (Å²) in [6.45, 7) is 0. The van der Waals surface area contributed by atoms with E-state index in [1.165, 1.54) is 42.4 Å². The maximum absolute atomic E-state index is 14.2. The van der Waals surface area contributed by atoms with Crippen molar-refractivity contribution in [2.75, 3.05) is 17.3 Å². The maximum Gasteiger partial charge on any atom is 0.327 e. The highest BCUT2D eigenvalue weighted by atomic mass is 32.1. The Morgan fingerprint density at radius 2 is 2.07 bits per heavy atom. The van der Waals surface area contributed by atoms with E-state index in [2.05, 4.69) is 10.3 Å². The zero-order valence-electron chi connectivity index (χ0n) is 15.0. The zero-order chi connectivity index (χ0) is 19.7. The number of anilines is 2. The minimum atomic E-state index is -0.515. The first-order chi connectivity index (χ1) is 13.5. The number of nitrogens with zero attached hydrogens (tertiary/aromatic N) is 2. The molecule has 28 heavy (non-hydrogen) atoms. The van der Waals surface area contributed by atoms with Gasteiger partial charge in [-0.2, -0.15) is 0 Å². The van der Waals surface area contributed by atoms with Gasteiger partial charge in [0.15, 0.2) is 5.13 Å². The molecule has 8 heteroatoms. The van der Waals surface area contributed by atoms with Crippen molar-refractivity contribution < 1.29 is 18.3 Å². The summed E-state index contributed by atoms with van der Waals surface area (Å²) in [6, 6.07) is 10.1. The molecule has 1 aromatic heterocycles. The summed E-state index contributed by atoms with van der Waals surface area (Å²) in [6.07, 6.45) is 3.61. The number of halogens is 2. The second-order valence-corrected chi connectivity index (χ2v) is 7.51. The van der Waals surface area contributed by atoms with Crippen molar-refractivity contribution in [1.82, 2.24) is 4.98 Å². The lowest BCUT2D eigenvalue weighted by atomic mass is 10.1. The molecule has 4 rings (SSSR count). The Morgan fingerprint density at radius 1 is 1.25 bits per heavy atom. The van der Waals surface area contributed by atoms with Gasteiger partial charge in [-0.15, -0.1) is 0 Å². The predicted octanol–water partition coefficient (Wildman–Crippen LogP) is 5.76. The lowest BCUT2D eigenvalue weighted by molar-refractivity contribution is 0.258. The molecule has 1 fully saturated rings. The van der Waals surface area contributed by atoms with Crippen LogP contribution in [0.1, 0.15) is 24.3 Å². The van der Waals surface area contributed by atoms with Crippen LogP contribution < -0.4 is 15.0 Å². The van der Waals surface area contributed by atoms with Crippen LogP contribution in [0.25, 0.3) is 0 Å². The van der Waals surface area contributed by atoms with Crippen molar-refractivity contribution in [3.8, 4) is 10.8 Å². The molecule has 0 bridgehead atoms. The van der Waals surface area contributed by atoms with Crippen LogP contribution in [0.4, 0.5) is 24.4 Å². The van der Waals surface area contributed by atoms with Gasteiger partial charge in [-0.3, -0.25) is 10.2 Å². The predicted molar refractivity (Wildman–Crippen MR) is 104 cm³/mol. The Labute approximate surface area is 164 Å². The largest absolute Gasteiger partial charge is 0.445 e. The summed E-state index contributed by atoms with van der Waals surface area (Å²) < 4.78 is 32.9. The highest BCUT2D eigenvalue weighted by molar-refractivity contribution is 7.17. The maximum atomic E-state index is 14.2. The molecule has 0 atom stereocenters. The fourth-order valence-corrected chi connectivity index (χ4v) is 3.43. The Hall–Kier alpha value is -3.00. The van der Waals surface area contributed by atoms with Gasteiger partial charge < -0.3 is 4.74 Å². The molecule has 2 amide bonds. The van der Waals surface area contributed by atoms with E-state index in [1.54, 1.807) is 18.2 Å². The standard InChI is InChI=1S/C20H17F2N3O2S/c1-25(17-9-13(12-5-6-12)7-8-16(17)22)20(26)24-19-23-11-18(28-19)27-15-4-2-3-14(21)10-15/h2-4,7-12H,5-6H2,1H3,(H,23,24,26). The smallest absolute Gasteiger partial charge is 0.327 e. The van der Waals surface area contributed by atoms with Gasteiger partial charge in [0.1, 0.15) is 17.4 Å². The highest BCUT2D eigenvalue weighted by Gasteiger charge is 2.25. The van der Waals surface area contributed by atoms with Crippen LogP contribution in [0, 0.1) is 11.6 Å². The minimum absolute atomic E-state index is 0.217. The van der Waals surface area contributed by atoms with Crippen molar-refractivity contribution in [3.05, 3.63) is 65.9 Å². The van der Waals surface area contributed by atoms with Gasteiger partial charge in [-0.1, -0.05) is 23.5 Å². The fraction of sp³-hybridized carbons (Fsp3) is 0.200. The third-order valence-corrected chi connectivity index (χ3v) is 5.19. The summed E-state index contributed by atoms with van der Waals surface area (Å²) in [4.78, 5) is 17.8. The van der Waals surface area contributed by atoms with Crippen LogP contribution in [0.2, 0.25) is 0 Å². The van der Waals surface area contributed by atoms with Crippen molar-refractivity contribution >= 4 is 28.2 Å². The molecule has 2 aromatic carbocycles. The van der Waals surface area contributed by atoms with E-state index in [0.29, 0.717) is 21.9 Å². The summed E-state index contributed by atoms with van der Waals surface area (Å²) in [5.74, 6) is -0.0844. The summed E-state index contributed by atoms with van der Waals surface area (Å²) in [5.41, 5.74) is 1.26. The summed E-state index contributed by atoms with van der Waals surface area (Å²) in [7, 11) is 1.50. The Kier molecular flexibility index (Phi) is 4.95. The Balaban J connectivity index is 1.44. The first-order valence-corrected chi connectivity index (χ1v) is 9.54. The quantitative estimate of drug-likeness (QED) is 0.591. The average Bonchev–Trinajstić information content (AvgIpc) is 3.43. The number of benzene rings is 2. The van der Waals surface area contributed by atoms with Gasteiger partial charge in [0.2, 0.25) is 5.06 Å². The van der Waals surface area contributed by atoms with E-state index < -0.39 is 17.7 Å². The average molecular weight is 401 g/mol. The molecule has 1 aliphatic carbocycles. The molecule has 0 spiro atoms. The van der Waals surface area contributed by atoms with Gasteiger partial charge in [0.05, 0.1) is 11.9 Å².